The predicted octanol–water partition coefficient (Wildman–Crippen LogP) is 6.44. The summed E-state index contributed by atoms with van der Waals surface area (Å²) >= 11 is 0. The van der Waals surface area contributed by atoms with Crippen molar-refractivity contribution < 1.29 is 4.42 Å². The molecule has 0 aliphatic carbocycles. The van der Waals surface area contributed by atoms with E-state index in [2.05, 4.69) is 6.07 Å². The molecule has 0 spiro atoms. The quantitative estimate of drug-likeness (QED) is 0.219. The largest absolute Gasteiger partial charge is 0.456 e. The van der Waals surface area contributed by atoms with E-state index in [1.807, 2.05) is 84.9 Å². The minimum absolute atomic E-state index is 0.195. The molecule has 7 aromatic rings. The van der Waals surface area contributed by atoms with Crippen molar-refractivity contribution in [3.8, 4) is 17.2 Å². The molecule has 0 aliphatic rings. The molecule has 3 aromatic heterocycles. The summed E-state index contributed by atoms with van der Waals surface area (Å²) in [5, 5.41) is 13.1. The Morgan fingerprint density at radius 1 is 0.824 bits per heavy atom. The van der Waals surface area contributed by atoms with Crippen LogP contribution in [0.1, 0.15) is 5.56 Å². The third-order valence-electron chi connectivity index (χ3n) is 6.42. The van der Waals surface area contributed by atoms with Crippen LogP contribution in [-0.2, 0) is 0 Å². The Bertz CT molecular complexity index is 2060. The van der Waals surface area contributed by atoms with Crippen LogP contribution in [-0.4, -0.2) is 9.38 Å². The fourth-order valence-electron chi connectivity index (χ4n) is 4.89. The molecule has 0 aliphatic heterocycles. The average molecular weight is 437 g/mol. The molecule has 7 rings (SSSR count). The van der Waals surface area contributed by atoms with Crippen LogP contribution in [0.25, 0.3) is 60.5 Å². The average Bonchev–Trinajstić information content (AvgIpc) is 3.27. The van der Waals surface area contributed by atoms with Crippen LogP contribution >= 0.6 is 0 Å². The molecule has 0 atom stereocenters. The molecule has 34 heavy (non-hydrogen) atoms. The normalized spacial score (nSPS) is 11.6. The first-order valence-corrected chi connectivity index (χ1v) is 10.9. The molecule has 3 heterocycles. The minimum atomic E-state index is -0.195. The van der Waals surface area contributed by atoms with E-state index in [1.165, 1.54) is 0 Å². The fraction of sp³-hybridized carbons (Fsp3) is 0. The number of rotatable bonds is 1. The molecule has 0 fully saturated rings. The molecule has 5 heteroatoms. The second kappa shape index (κ2) is 6.77. The SMILES string of the molecule is N#Cc1cc2ccccc2n2c(=O)c3cc(-c4cccc5oc6ccccc6c45)ccc3nc12. The standard InChI is InChI=1S/C29H15N3O2/c30-16-19-14-18-6-1-3-9-24(18)32-28(19)31-23-13-12-17(15-22(23)29(32)33)20-8-5-11-26-27(20)21-7-2-4-10-25(21)34-26/h1-15H. The highest BCUT2D eigenvalue weighted by Gasteiger charge is 2.16. The Morgan fingerprint density at radius 2 is 1.65 bits per heavy atom. The molecule has 0 saturated heterocycles. The second-order valence-corrected chi connectivity index (χ2v) is 8.31. The number of benzene rings is 4. The number of para-hydroxylation sites is 2. The van der Waals surface area contributed by atoms with Gasteiger partial charge in [0, 0.05) is 16.2 Å². The van der Waals surface area contributed by atoms with Crippen LogP contribution < -0.4 is 5.56 Å². The molecule has 4 aromatic carbocycles. The Hall–Kier alpha value is -4.95. The molecule has 0 N–H and O–H groups in total. The maximum atomic E-state index is 13.8. The van der Waals surface area contributed by atoms with Crippen molar-refractivity contribution in [2.75, 3.05) is 0 Å². The van der Waals surface area contributed by atoms with Crippen LogP contribution in [0.4, 0.5) is 0 Å². The van der Waals surface area contributed by atoms with E-state index < -0.39 is 0 Å². The van der Waals surface area contributed by atoms with Crippen molar-refractivity contribution in [2.24, 2.45) is 0 Å². The van der Waals surface area contributed by atoms with Gasteiger partial charge < -0.3 is 4.42 Å². The van der Waals surface area contributed by atoms with E-state index in [4.69, 9.17) is 9.40 Å². The topological polar surface area (TPSA) is 71.3 Å². The number of nitriles is 1. The van der Waals surface area contributed by atoms with E-state index in [0.29, 0.717) is 22.1 Å². The molecular formula is C29H15N3O2. The third-order valence-corrected chi connectivity index (χ3v) is 6.42. The summed E-state index contributed by atoms with van der Waals surface area (Å²) in [7, 11) is 0. The Morgan fingerprint density at radius 3 is 2.56 bits per heavy atom. The van der Waals surface area contributed by atoms with Gasteiger partial charge in [-0.05, 0) is 47.5 Å². The lowest BCUT2D eigenvalue weighted by Crippen LogP contribution is -2.17. The third kappa shape index (κ3) is 2.48. The van der Waals surface area contributed by atoms with Gasteiger partial charge in [0.2, 0.25) is 0 Å². The zero-order valence-electron chi connectivity index (χ0n) is 17.8. The van der Waals surface area contributed by atoms with E-state index >= 15 is 0 Å². The lowest BCUT2D eigenvalue weighted by Gasteiger charge is -2.10. The maximum Gasteiger partial charge on any atom is 0.266 e. The van der Waals surface area contributed by atoms with Gasteiger partial charge in [-0.2, -0.15) is 5.26 Å². The van der Waals surface area contributed by atoms with Crippen LogP contribution in [0.2, 0.25) is 0 Å². The van der Waals surface area contributed by atoms with Gasteiger partial charge in [-0.3, -0.25) is 9.20 Å². The summed E-state index contributed by atoms with van der Waals surface area (Å²) in [5.74, 6) is 0. The molecule has 158 valence electrons. The van der Waals surface area contributed by atoms with Crippen molar-refractivity contribution in [3.05, 3.63) is 107 Å². The second-order valence-electron chi connectivity index (χ2n) is 8.31. The Balaban J connectivity index is 1.59. The van der Waals surface area contributed by atoms with Crippen molar-refractivity contribution in [3.63, 3.8) is 0 Å². The molecule has 0 saturated carbocycles. The number of nitrogens with zero attached hydrogens (tertiary/aromatic N) is 3. The Kier molecular flexibility index (Phi) is 3.71. The highest BCUT2D eigenvalue weighted by atomic mass is 16.3. The minimum Gasteiger partial charge on any atom is -0.456 e. The highest BCUT2D eigenvalue weighted by molar-refractivity contribution is 6.12. The number of aromatic nitrogens is 2. The predicted molar refractivity (Wildman–Crippen MR) is 134 cm³/mol. The van der Waals surface area contributed by atoms with Gasteiger partial charge in [0.1, 0.15) is 17.2 Å². The van der Waals surface area contributed by atoms with E-state index in [0.717, 1.165) is 44.0 Å². The Labute approximate surface area is 192 Å². The van der Waals surface area contributed by atoms with Crippen LogP contribution in [0.3, 0.4) is 0 Å². The zero-order chi connectivity index (χ0) is 22.8. The van der Waals surface area contributed by atoms with Crippen molar-refractivity contribution in [2.45, 2.75) is 0 Å². The first-order chi connectivity index (χ1) is 16.7. The van der Waals surface area contributed by atoms with Gasteiger partial charge >= 0.3 is 0 Å². The van der Waals surface area contributed by atoms with Gasteiger partial charge in [0.25, 0.3) is 5.56 Å². The molecule has 0 bridgehead atoms. The number of hydrogen-bond acceptors (Lipinski definition) is 4. The maximum absolute atomic E-state index is 13.8. The summed E-state index contributed by atoms with van der Waals surface area (Å²) in [6, 6.07) is 31.1. The van der Waals surface area contributed by atoms with Crippen molar-refractivity contribution >= 4 is 49.4 Å². The van der Waals surface area contributed by atoms with Crippen LogP contribution in [0.5, 0.6) is 0 Å². The van der Waals surface area contributed by atoms with E-state index in [-0.39, 0.29) is 5.56 Å². The van der Waals surface area contributed by atoms with Gasteiger partial charge in [-0.15, -0.1) is 0 Å². The molecule has 5 nitrogen and oxygen atoms in total. The summed E-state index contributed by atoms with van der Waals surface area (Å²) < 4.78 is 7.60. The van der Waals surface area contributed by atoms with Gasteiger partial charge in [0.05, 0.1) is 22.0 Å². The van der Waals surface area contributed by atoms with Gasteiger partial charge in [-0.25, -0.2) is 4.98 Å². The summed E-state index contributed by atoms with van der Waals surface area (Å²) in [6.07, 6.45) is 0. The zero-order valence-corrected chi connectivity index (χ0v) is 17.8. The van der Waals surface area contributed by atoms with E-state index in [9.17, 15) is 10.1 Å². The number of pyridine rings is 1. The van der Waals surface area contributed by atoms with Crippen LogP contribution in [0.15, 0.2) is 100 Å². The monoisotopic (exact) mass is 437 g/mol. The number of hydrogen-bond donors (Lipinski definition) is 0. The van der Waals surface area contributed by atoms with Crippen LogP contribution in [0, 0.1) is 11.3 Å². The van der Waals surface area contributed by atoms with E-state index in [1.54, 1.807) is 10.5 Å². The molecular weight excluding hydrogens is 422 g/mol. The summed E-state index contributed by atoms with van der Waals surface area (Å²) in [4.78, 5) is 18.5. The fourth-order valence-corrected chi connectivity index (χ4v) is 4.89. The highest BCUT2D eigenvalue weighted by Crippen LogP contribution is 2.37. The summed E-state index contributed by atoms with van der Waals surface area (Å²) in [5.41, 5.74) is 5.36. The first-order valence-electron chi connectivity index (χ1n) is 10.9. The molecule has 0 amide bonds. The van der Waals surface area contributed by atoms with Crippen molar-refractivity contribution in [1.29, 1.82) is 5.26 Å². The van der Waals surface area contributed by atoms with Gasteiger partial charge in [-0.1, -0.05) is 54.6 Å². The number of furan rings is 1. The summed E-state index contributed by atoms with van der Waals surface area (Å²) in [6.45, 7) is 0. The smallest absolute Gasteiger partial charge is 0.266 e. The lowest BCUT2D eigenvalue weighted by atomic mass is 9.98. The molecule has 0 unspecified atom stereocenters. The lowest BCUT2D eigenvalue weighted by molar-refractivity contribution is 0.669. The van der Waals surface area contributed by atoms with Crippen molar-refractivity contribution in [1.82, 2.24) is 9.38 Å². The molecule has 0 radical (unpaired) electrons. The first kappa shape index (κ1) is 18.6. The number of fused-ring (bicyclic) bond motifs is 7. The van der Waals surface area contributed by atoms with Gasteiger partial charge in [0.15, 0.2) is 5.65 Å².